The number of rotatable bonds is 2. The lowest BCUT2D eigenvalue weighted by atomic mass is 10.3. The molecule has 1 saturated heterocycles. The quantitative estimate of drug-likeness (QED) is 0.817. The summed E-state index contributed by atoms with van der Waals surface area (Å²) in [6, 6.07) is 4.07. The first kappa shape index (κ1) is 13.1. The van der Waals surface area contributed by atoms with Gasteiger partial charge in [0.15, 0.2) is 5.82 Å². The average molecular weight is 272 g/mol. The lowest BCUT2D eigenvalue weighted by molar-refractivity contribution is 0.312. The fourth-order valence-corrected chi connectivity index (χ4v) is 2.52. The van der Waals surface area contributed by atoms with Crippen molar-refractivity contribution in [3.63, 3.8) is 0 Å². The van der Waals surface area contributed by atoms with Gasteiger partial charge in [-0.15, -0.1) is 0 Å². The van der Waals surface area contributed by atoms with E-state index in [4.69, 9.17) is 0 Å². The molecule has 1 fully saturated rings. The highest BCUT2D eigenvalue weighted by Gasteiger charge is 2.16. The van der Waals surface area contributed by atoms with E-state index < -0.39 is 0 Å². The third kappa shape index (κ3) is 2.51. The number of aromatic nitrogens is 4. The van der Waals surface area contributed by atoms with Gasteiger partial charge in [-0.1, -0.05) is 0 Å². The normalized spacial score (nSPS) is 16.6. The molecular weight excluding hydrogens is 252 g/mol. The van der Waals surface area contributed by atoms with Crippen LogP contribution in [0.4, 0.5) is 5.82 Å². The molecule has 0 bridgehead atoms. The second-order valence-corrected chi connectivity index (χ2v) is 5.36. The highest BCUT2D eigenvalue weighted by atomic mass is 15.3. The monoisotopic (exact) mass is 272 g/mol. The van der Waals surface area contributed by atoms with Crippen molar-refractivity contribution in [2.24, 2.45) is 0 Å². The van der Waals surface area contributed by atoms with Gasteiger partial charge in [-0.3, -0.25) is 0 Å². The number of likely N-dealkylation sites (N-methyl/N-ethyl adjacent to an activating group) is 1. The zero-order valence-electron chi connectivity index (χ0n) is 12.2. The van der Waals surface area contributed by atoms with Crippen molar-refractivity contribution in [2.75, 3.05) is 38.1 Å². The summed E-state index contributed by atoms with van der Waals surface area (Å²) in [6.45, 7) is 8.18. The molecule has 0 amide bonds. The molecule has 2 aromatic heterocycles. The Hall–Kier alpha value is -1.95. The standard InChI is InChI=1S/C14H20N6/c1-11-8-12(2)20(17-11)14-9-13(15-10-16-14)19-6-4-18(3)5-7-19/h8-10H,4-7H2,1-3H3. The molecule has 20 heavy (non-hydrogen) atoms. The van der Waals surface area contributed by atoms with Gasteiger partial charge >= 0.3 is 0 Å². The van der Waals surface area contributed by atoms with E-state index >= 15 is 0 Å². The molecule has 106 valence electrons. The zero-order valence-corrected chi connectivity index (χ0v) is 12.2. The van der Waals surface area contributed by atoms with Crippen LogP contribution >= 0.6 is 0 Å². The Morgan fingerprint density at radius 3 is 2.30 bits per heavy atom. The number of aryl methyl sites for hydroxylation is 2. The largest absolute Gasteiger partial charge is 0.354 e. The Balaban J connectivity index is 1.88. The van der Waals surface area contributed by atoms with Crippen LogP contribution in [0.2, 0.25) is 0 Å². The highest BCUT2D eigenvalue weighted by Crippen LogP contribution is 2.16. The van der Waals surface area contributed by atoms with Gasteiger partial charge in [-0.2, -0.15) is 5.10 Å². The third-order valence-corrected chi connectivity index (χ3v) is 3.69. The summed E-state index contributed by atoms with van der Waals surface area (Å²) in [6.07, 6.45) is 1.62. The van der Waals surface area contributed by atoms with Crippen molar-refractivity contribution in [1.29, 1.82) is 0 Å². The van der Waals surface area contributed by atoms with Crippen LogP contribution in [-0.2, 0) is 0 Å². The van der Waals surface area contributed by atoms with Crippen molar-refractivity contribution < 1.29 is 0 Å². The van der Waals surface area contributed by atoms with E-state index in [-0.39, 0.29) is 0 Å². The highest BCUT2D eigenvalue weighted by molar-refractivity contribution is 5.44. The van der Waals surface area contributed by atoms with Crippen molar-refractivity contribution in [3.8, 4) is 5.82 Å². The van der Waals surface area contributed by atoms with Gasteiger partial charge in [0, 0.05) is 37.9 Å². The molecule has 0 unspecified atom stereocenters. The Labute approximate surface area is 119 Å². The predicted molar refractivity (Wildman–Crippen MR) is 78.3 cm³/mol. The van der Waals surface area contributed by atoms with Gasteiger partial charge in [0.2, 0.25) is 0 Å². The minimum atomic E-state index is 0.833. The summed E-state index contributed by atoms with van der Waals surface area (Å²) in [5, 5.41) is 4.48. The van der Waals surface area contributed by atoms with Crippen LogP contribution in [0, 0.1) is 13.8 Å². The maximum absolute atomic E-state index is 4.48. The van der Waals surface area contributed by atoms with Gasteiger partial charge in [0.1, 0.15) is 12.1 Å². The van der Waals surface area contributed by atoms with Crippen LogP contribution in [0.15, 0.2) is 18.5 Å². The number of piperazine rings is 1. The van der Waals surface area contributed by atoms with Crippen molar-refractivity contribution >= 4 is 5.82 Å². The molecule has 0 spiro atoms. The second kappa shape index (κ2) is 5.20. The number of nitrogens with zero attached hydrogens (tertiary/aromatic N) is 6. The van der Waals surface area contributed by atoms with E-state index in [1.165, 1.54) is 0 Å². The summed E-state index contributed by atoms with van der Waals surface area (Å²) in [5.74, 6) is 1.81. The SMILES string of the molecule is Cc1cc(C)n(-c2cc(N3CCN(C)CC3)ncn2)n1. The smallest absolute Gasteiger partial charge is 0.159 e. The van der Waals surface area contributed by atoms with Crippen LogP contribution < -0.4 is 4.90 Å². The first-order chi connectivity index (χ1) is 9.63. The lowest BCUT2D eigenvalue weighted by Crippen LogP contribution is -2.44. The molecule has 1 aliphatic heterocycles. The Morgan fingerprint density at radius 2 is 1.65 bits per heavy atom. The van der Waals surface area contributed by atoms with Gasteiger partial charge in [-0.25, -0.2) is 14.6 Å². The van der Waals surface area contributed by atoms with E-state index in [1.807, 2.05) is 24.6 Å². The molecule has 1 aliphatic rings. The summed E-state index contributed by atoms with van der Waals surface area (Å²) < 4.78 is 1.87. The van der Waals surface area contributed by atoms with Crippen LogP contribution in [0.5, 0.6) is 0 Å². The molecule has 3 heterocycles. The minimum absolute atomic E-state index is 0.833. The molecule has 0 N–H and O–H groups in total. The fraction of sp³-hybridized carbons (Fsp3) is 0.500. The van der Waals surface area contributed by atoms with Gasteiger partial charge < -0.3 is 9.80 Å². The van der Waals surface area contributed by atoms with Crippen LogP contribution in [0.1, 0.15) is 11.4 Å². The van der Waals surface area contributed by atoms with E-state index in [0.29, 0.717) is 0 Å². The van der Waals surface area contributed by atoms with E-state index in [2.05, 4.69) is 38.0 Å². The molecule has 0 saturated carbocycles. The third-order valence-electron chi connectivity index (χ3n) is 3.69. The minimum Gasteiger partial charge on any atom is -0.354 e. The molecule has 6 nitrogen and oxygen atoms in total. The van der Waals surface area contributed by atoms with Crippen LogP contribution in [0.3, 0.4) is 0 Å². The summed E-state index contributed by atoms with van der Waals surface area (Å²) >= 11 is 0. The first-order valence-electron chi connectivity index (χ1n) is 6.92. The number of anilines is 1. The molecule has 0 aliphatic carbocycles. The Morgan fingerprint density at radius 1 is 0.950 bits per heavy atom. The molecule has 2 aromatic rings. The van der Waals surface area contributed by atoms with Gasteiger partial charge in [-0.05, 0) is 27.0 Å². The molecule has 0 aromatic carbocycles. The van der Waals surface area contributed by atoms with Crippen molar-refractivity contribution in [3.05, 3.63) is 29.8 Å². The molecule has 0 atom stereocenters. The molecular formula is C14H20N6. The van der Waals surface area contributed by atoms with E-state index in [0.717, 1.165) is 49.2 Å². The summed E-state index contributed by atoms with van der Waals surface area (Å²) in [5.41, 5.74) is 2.09. The molecule has 6 heteroatoms. The average Bonchev–Trinajstić information content (AvgIpc) is 2.79. The topological polar surface area (TPSA) is 50.1 Å². The fourth-order valence-electron chi connectivity index (χ4n) is 2.52. The maximum Gasteiger partial charge on any atom is 0.159 e. The van der Waals surface area contributed by atoms with Crippen LogP contribution in [0.25, 0.3) is 5.82 Å². The van der Waals surface area contributed by atoms with E-state index in [1.54, 1.807) is 6.33 Å². The summed E-state index contributed by atoms with van der Waals surface area (Å²) in [7, 11) is 2.15. The van der Waals surface area contributed by atoms with Crippen LogP contribution in [-0.4, -0.2) is 57.9 Å². The van der Waals surface area contributed by atoms with Gasteiger partial charge in [0.05, 0.1) is 5.69 Å². The van der Waals surface area contributed by atoms with Gasteiger partial charge in [0.25, 0.3) is 0 Å². The summed E-state index contributed by atoms with van der Waals surface area (Å²) in [4.78, 5) is 13.4. The predicted octanol–water partition coefficient (Wildman–Crippen LogP) is 1.03. The maximum atomic E-state index is 4.48. The number of hydrogen-bond acceptors (Lipinski definition) is 5. The molecule has 0 radical (unpaired) electrons. The zero-order chi connectivity index (χ0) is 14.1. The Bertz CT molecular complexity index is 597. The first-order valence-corrected chi connectivity index (χ1v) is 6.92. The van der Waals surface area contributed by atoms with E-state index in [9.17, 15) is 0 Å². The van der Waals surface area contributed by atoms with Crippen molar-refractivity contribution in [2.45, 2.75) is 13.8 Å². The van der Waals surface area contributed by atoms with Crippen molar-refractivity contribution in [1.82, 2.24) is 24.6 Å². The second-order valence-electron chi connectivity index (χ2n) is 5.36. The molecule has 3 rings (SSSR count). The number of hydrogen-bond donors (Lipinski definition) is 0. The lowest BCUT2D eigenvalue weighted by Gasteiger charge is -2.33. The Kier molecular flexibility index (Phi) is 3.40.